The third-order valence-corrected chi connectivity index (χ3v) is 3.06. The van der Waals surface area contributed by atoms with Crippen LogP contribution in [0.3, 0.4) is 0 Å². The molecule has 0 saturated heterocycles. The van der Waals surface area contributed by atoms with Crippen molar-refractivity contribution in [3.8, 4) is 11.5 Å². The van der Waals surface area contributed by atoms with E-state index in [0.29, 0.717) is 27.8 Å². The van der Waals surface area contributed by atoms with E-state index in [9.17, 15) is 4.79 Å². The number of aromatic nitrogens is 1. The molecule has 1 aromatic heterocycles. The van der Waals surface area contributed by atoms with E-state index in [-0.39, 0.29) is 12.0 Å². The van der Waals surface area contributed by atoms with Gasteiger partial charge in [0.05, 0.1) is 18.2 Å². The van der Waals surface area contributed by atoms with Crippen LogP contribution in [0.25, 0.3) is 0 Å². The highest BCUT2D eigenvalue weighted by molar-refractivity contribution is 6.32. The van der Waals surface area contributed by atoms with Crippen LogP contribution in [0.2, 0.25) is 5.02 Å². The molecule has 2 aromatic rings. The Morgan fingerprint density at radius 3 is 2.55 bits per heavy atom. The van der Waals surface area contributed by atoms with Gasteiger partial charge in [0.2, 0.25) is 0 Å². The lowest BCUT2D eigenvalue weighted by atomic mass is 10.1. The lowest BCUT2D eigenvalue weighted by molar-refractivity contribution is 0.102. The summed E-state index contributed by atoms with van der Waals surface area (Å²) in [6.07, 6.45) is 3.15. The fraction of sp³-hybridized carbons (Fsp3) is 0.250. The summed E-state index contributed by atoms with van der Waals surface area (Å²) in [5.41, 5.74) is 1.03. The number of hydrogen-bond acceptors (Lipinski definition) is 4. The van der Waals surface area contributed by atoms with Crippen molar-refractivity contribution in [2.45, 2.75) is 20.0 Å². The molecule has 0 atom stereocenters. The van der Waals surface area contributed by atoms with Crippen molar-refractivity contribution in [3.05, 3.63) is 47.2 Å². The number of halogens is 1. The van der Waals surface area contributed by atoms with E-state index in [1.54, 1.807) is 36.7 Å². The molecule has 116 valence electrons. The van der Waals surface area contributed by atoms with Crippen molar-refractivity contribution < 1.29 is 14.3 Å². The van der Waals surface area contributed by atoms with E-state index < -0.39 is 0 Å². The number of pyridine rings is 1. The molecular weight excluding hydrogens is 304 g/mol. The zero-order valence-corrected chi connectivity index (χ0v) is 13.3. The van der Waals surface area contributed by atoms with E-state index >= 15 is 0 Å². The first-order chi connectivity index (χ1) is 10.5. The highest BCUT2D eigenvalue weighted by Crippen LogP contribution is 2.37. The summed E-state index contributed by atoms with van der Waals surface area (Å²) in [5, 5.41) is 3.09. The zero-order valence-electron chi connectivity index (χ0n) is 12.6. The van der Waals surface area contributed by atoms with Crippen LogP contribution in [0.15, 0.2) is 36.7 Å². The number of carbonyl (C=O) groups excluding carboxylic acids is 1. The van der Waals surface area contributed by atoms with E-state index in [4.69, 9.17) is 21.1 Å². The van der Waals surface area contributed by atoms with Gasteiger partial charge in [0.1, 0.15) is 0 Å². The summed E-state index contributed by atoms with van der Waals surface area (Å²) < 4.78 is 10.9. The second-order valence-electron chi connectivity index (χ2n) is 4.85. The van der Waals surface area contributed by atoms with Gasteiger partial charge in [-0.15, -0.1) is 0 Å². The van der Waals surface area contributed by atoms with Gasteiger partial charge in [0.15, 0.2) is 11.5 Å². The summed E-state index contributed by atoms with van der Waals surface area (Å²) in [7, 11) is 1.50. The largest absolute Gasteiger partial charge is 0.493 e. The Labute approximate surface area is 134 Å². The van der Waals surface area contributed by atoms with E-state index in [1.807, 2.05) is 13.8 Å². The molecule has 0 unspecified atom stereocenters. The van der Waals surface area contributed by atoms with E-state index in [2.05, 4.69) is 10.3 Å². The maximum Gasteiger partial charge on any atom is 0.255 e. The average Bonchev–Trinajstić information content (AvgIpc) is 2.49. The zero-order chi connectivity index (χ0) is 16.1. The molecule has 1 heterocycles. The third-order valence-electron chi connectivity index (χ3n) is 2.78. The number of nitrogens with one attached hydrogen (secondary N) is 1. The molecule has 0 radical (unpaired) electrons. The van der Waals surface area contributed by atoms with Gasteiger partial charge in [0, 0.05) is 23.6 Å². The van der Waals surface area contributed by atoms with Crippen LogP contribution in [-0.2, 0) is 0 Å². The van der Waals surface area contributed by atoms with Gasteiger partial charge in [-0.05, 0) is 38.1 Å². The Morgan fingerprint density at radius 2 is 1.95 bits per heavy atom. The van der Waals surface area contributed by atoms with Gasteiger partial charge in [-0.3, -0.25) is 9.78 Å². The molecule has 0 bridgehead atoms. The van der Waals surface area contributed by atoms with Crippen LogP contribution >= 0.6 is 11.6 Å². The van der Waals surface area contributed by atoms with Crippen molar-refractivity contribution >= 4 is 23.2 Å². The first kappa shape index (κ1) is 16.1. The number of anilines is 1. The number of benzene rings is 1. The number of ether oxygens (including phenoxy) is 2. The SMILES string of the molecule is COc1cc(C(=O)Nc2ccncc2)cc(Cl)c1OC(C)C. The normalized spacial score (nSPS) is 10.4. The smallest absolute Gasteiger partial charge is 0.255 e. The number of hydrogen-bond donors (Lipinski definition) is 1. The Morgan fingerprint density at radius 1 is 1.27 bits per heavy atom. The van der Waals surface area contributed by atoms with Gasteiger partial charge >= 0.3 is 0 Å². The fourth-order valence-corrected chi connectivity index (χ4v) is 2.09. The minimum Gasteiger partial charge on any atom is -0.493 e. The predicted molar refractivity (Wildman–Crippen MR) is 86.0 cm³/mol. The van der Waals surface area contributed by atoms with Crippen molar-refractivity contribution in [3.63, 3.8) is 0 Å². The van der Waals surface area contributed by atoms with Gasteiger partial charge < -0.3 is 14.8 Å². The summed E-state index contributed by atoms with van der Waals surface area (Å²) in [6.45, 7) is 3.78. The molecule has 0 aliphatic rings. The quantitative estimate of drug-likeness (QED) is 0.910. The second kappa shape index (κ2) is 7.13. The molecule has 22 heavy (non-hydrogen) atoms. The number of nitrogens with zero attached hydrogens (tertiary/aromatic N) is 1. The number of carbonyl (C=O) groups is 1. The minimum absolute atomic E-state index is 0.0529. The van der Waals surface area contributed by atoms with E-state index in [0.717, 1.165) is 0 Å². The fourth-order valence-electron chi connectivity index (χ4n) is 1.84. The number of rotatable bonds is 5. The molecule has 6 heteroatoms. The van der Waals surface area contributed by atoms with Crippen molar-refractivity contribution in [1.29, 1.82) is 0 Å². The molecule has 0 saturated carbocycles. The Hall–Kier alpha value is -2.27. The Bertz CT molecular complexity index is 660. The summed E-state index contributed by atoms with van der Waals surface area (Å²) in [6, 6.07) is 6.55. The summed E-state index contributed by atoms with van der Waals surface area (Å²) >= 11 is 6.21. The van der Waals surface area contributed by atoms with Crippen LogP contribution in [0, 0.1) is 0 Å². The van der Waals surface area contributed by atoms with Crippen LogP contribution in [0.4, 0.5) is 5.69 Å². The average molecular weight is 321 g/mol. The first-order valence-electron chi connectivity index (χ1n) is 6.77. The second-order valence-corrected chi connectivity index (χ2v) is 5.25. The molecule has 0 fully saturated rings. The maximum atomic E-state index is 12.3. The third kappa shape index (κ3) is 3.89. The number of methoxy groups -OCH3 is 1. The highest BCUT2D eigenvalue weighted by atomic mass is 35.5. The van der Waals surface area contributed by atoms with Crippen LogP contribution < -0.4 is 14.8 Å². The van der Waals surface area contributed by atoms with Crippen LogP contribution in [0.1, 0.15) is 24.2 Å². The summed E-state index contributed by atoms with van der Waals surface area (Å²) in [5.74, 6) is 0.559. The molecule has 1 amide bonds. The van der Waals surface area contributed by atoms with Crippen LogP contribution in [0.5, 0.6) is 11.5 Å². The molecule has 2 rings (SSSR count). The van der Waals surface area contributed by atoms with E-state index in [1.165, 1.54) is 7.11 Å². The number of amides is 1. The van der Waals surface area contributed by atoms with Crippen molar-refractivity contribution in [2.24, 2.45) is 0 Å². The molecule has 1 aromatic carbocycles. The molecule has 0 spiro atoms. The standard InChI is InChI=1S/C16H17ClN2O3/c1-10(2)22-15-13(17)8-11(9-14(15)21-3)16(20)19-12-4-6-18-7-5-12/h4-10H,1-3H3,(H,18,19,20). The van der Waals surface area contributed by atoms with Crippen molar-refractivity contribution in [1.82, 2.24) is 4.98 Å². The van der Waals surface area contributed by atoms with Gasteiger partial charge in [0.25, 0.3) is 5.91 Å². The Kier molecular flexibility index (Phi) is 5.22. The highest BCUT2D eigenvalue weighted by Gasteiger charge is 2.17. The monoisotopic (exact) mass is 320 g/mol. The first-order valence-corrected chi connectivity index (χ1v) is 7.14. The topological polar surface area (TPSA) is 60.5 Å². The molecule has 1 N–H and O–H groups in total. The van der Waals surface area contributed by atoms with Gasteiger partial charge in [-0.2, -0.15) is 0 Å². The Balaban J connectivity index is 2.28. The molecule has 0 aliphatic heterocycles. The summed E-state index contributed by atoms with van der Waals surface area (Å²) in [4.78, 5) is 16.2. The molecule has 5 nitrogen and oxygen atoms in total. The van der Waals surface area contributed by atoms with Crippen LogP contribution in [-0.4, -0.2) is 24.1 Å². The molecular formula is C16H17ClN2O3. The molecule has 0 aliphatic carbocycles. The van der Waals surface area contributed by atoms with Crippen molar-refractivity contribution in [2.75, 3.05) is 12.4 Å². The minimum atomic E-state index is -0.289. The predicted octanol–water partition coefficient (Wildman–Crippen LogP) is 3.78. The van der Waals surface area contributed by atoms with Gasteiger partial charge in [-0.25, -0.2) is 0 Å². The maximum absolute atomic E-state index is 12.3. The lowest BCUT2D eigenvalue weighted by Crippen LogP contribution is -2.13. The van der Waals surface area contributed by atoms with Gasteiger partial charge in [-0.1, -0.05) is 11.6 Å². The lowest BCUT2D eigenvalue weighted by Gasteiger charge is -2.16.